The van der Waals surface area contributed by atoms with Gasteiger partial charge >= 0.3 is 0 Å². The molecule has 6 heteroatoms. The summed E-state index contributed by atoms with van der Waals surface area (Å²) in [6.45, 7) is 3.58. The fourth-order valence-corrected chi connectivity index (χ4v) is 1.42. The highest BCUT2D eigenvalue weighted by molar-refractivity contribution is 5.99. The van der Waals surface area contributed by atoms with E-state index < -0.39 is 0 Å². The van der Waals surface area contributed by atoms with E-state index in [-0.39, 0.29) is 30.8 Å². The van der Waals surface area contributed by atoms with Crippen LogP contribution in [-0.4, -0.2) is 25.4 Å². The monoisotopic (exact) mass is 271 g/mol. The second-order valence-corrected chi connectivity index (χ2v) is 3.81. The highest BCUT2D eigenvalue weighted by Crippen LogP contribution is 2.22. The van der Waals surface area contributed by atoms with Crippen molar-refractivity contribution in [1.29, 1.82) is 0 Å². The Morgan fingerprint density at radius 1 is 1.17 bits per heavy atom. The molecule has 0 saturated heterocycles. The van der Waals surface area contributed by atoms with Crippen molar-refractivity contribution in [3.05, 3.63) is 23.8 Å². The van der Waals surface area contributed by atoms with Crippen LogP contribution in [0, 0.1) is 6.92 Å². The molecular formula is C12H18ClN3O2. The number of benzene rings is 1. The molecule has 0 heterocycles. The van der Waals surface area contributed by atoms with Crippen LogP contribution in [0.4, 0.5) is 11.4 Å². The van der Waals surface area contributed by atoms with Gasteiger partial charge in [0, 0.05) is 6.92 Å². The molecule has 0 bridgehead atoms. The molecule has 0 radical (unpaired) electrons. The van der Waals surface area contributed by atoms with Crippen LogP contribution in [0.3, 0.4) is 0 Å². The Kier molecular flexibility index (Phi) is 7.00. The number of halogens is 1. The van der Waals surface area contributed by atoms with Crippen molar-refractivity contribution < 1.29 is 9.59 Å². The van der Waals surface area contributed by atoms with Gasteiger partial charge in [-0.15, -0.1) is 12.4 Å². The van der Waals surface area contributed by atoms with E-state index in [0.717, 1.165) is 5.56 Å². The lowest BCUT2D eigenvalue weighted by Crippen LogP contribution is -2.25. The predicted molar refractivity (Wildman–Crippen MR) is 75.3 cm³/mol. The summed E-state index contributed by atoms with van der Waals surface area (Å²) in [4.78, 5) is 22.5. The van der Waals surface area contributed by atoms with E-state index in [9.17, 15) is 9.59 Å². The number of hydrogen-bond acceptors (Lipinski definition) is 3. The van der Waals surface area contributed by atoms with E-state index in [1.807, 2.05) is 19.1 Å². The molecule has 0 aliphatic rings. The van der Waals surface area contributed by atoms with E-state index in [1.54, 1.807) is 13.1 Å². The number of anilines is 2. The zero-order valence-electron chi connectivity index (χ0n) is 10.7. The summed E-state index contributed by atoms with van der Waals surface area (Å²) < 4.78 is 0. The van der Waals surface area contributed by atoms with Gasteiger partial charge in [0.05, 0.1) is 17.9 Å². The van der Waals surface area contributed by atoms with E-state index in [0.29, 0.717) is 11.4 Å². The summed E-state index contributed by atoms with van der Waals surface area (Å²) in [6, 6.07) is 5.46. The highest BCUT2D eigenvalue weighted by Gasteiger charge is 2.07. The topological polar surface area (TPSA) is 70.2 Å². The lowest BCUT2D eigenvalue weighted by Gasteiger charge is -2.12. The van der Waals surface area contributed by atoms with Crippen molar-refractivity contribution in [3.63, 3.8) is 0 Å². The van der Waals surface area contributed by atoms with Gasteiger partial charge in [0.15, 0.2) is 0 Å². The van der Waals surface area contributed by atoms with Gasteiger partial charge in [0.25, 0.3) is 0 Å². The minimum absolute atomic E-state index is 0. The molecule has 0 aromatic heterocycles. The van der Waals surface area contributed by atoms with Crippen molar-refractivity contribution in [3.8, 4) is 0 Å². The Bertz CT molecular complexity index is 435. The number of amides is 2. The first kappa shape index (κ1) is 16.4. The summed E-state index contributed by atoms with van der Waals surface area (Å²) in [5.41, 5.74) is 2.23. The molecule has 0 spiro atoms. The quantitative estimate of drug-likeness (QED) is 0.778. The number of nitrogens with one attached hydrogen (secondary N) is 3. The van der Waals surface area contributed by atoms with Gasteiger partial charge in [0.2, 0.25) is 11.8 Å². The lowest BCUT2D eigenvalue weighted by molar-refractivity contribution is -0.115. The molecule has 1 rings (SSSR count). The molecule has 2 amide bonds. The Hall–Kier alpha value is -1.59. The first-order chi connectivity index (χ1) is 8.02. The Morgan fingerprint density at radius 3 is 2.39 bits per heavy atom. The molecule has 100 valence electrons. The molecule has 0 unspecified atom stereocenters. The largest absolute Gasteiger partial charge is 0.325 e. The van der Waals surface area contributed by atoms with Crippen molar-refractivity contribution in [2.45, 2.75) is 13.8 Å². The molecule has 5 nitrogen and oxygen atoms in total. The molecule has 0 aliphatic carbocycles. The summed E-state index contributed by atoms with van der Waals surface area (Å²) in [5, 5.41) is 8.18. The van der Waals surface area contributed by atoms with Crippen LogP contribution in [0.1, 0.15) is 12.5 Å². The molecular weight excluding hydrogens is 254 g/mol. The fraction of sp³-hybridized carbons (Fsp3) is 0.333. The number of carbonyl (C=O) groups is 2. The third-order valence-corrected chi connectivity index (χ3v) is 2.10. The zero-order valence-corrected chi connectivity index (χ0v) is 11.5. The van der Waals surface area contributed by atoms with E-state index >= 15 is 0 Å². The molecule has 0 fully saturated rings. The molecule has 1 aromatic carbocycles. The van der Waals surface area contributed by atoms with Crippen LogP contribution in [0.5, 0.6) is 0 Å². The molecule has 0 saturated carbocycles. The molecule has 18 heavy (non-hydrogen) atoms. The van der Waals surface area contributed by atoms with Gasteiger partial charge in [-0.3, -0.25) is 9.59 Å². The third-order valence-electron chi connectivity index (χ3n) is 2.10. The number of carbonyl (C=O) groups excluding carboxylic acids is 2. The number of aryl methyl sites for hydroxylation is 1. The Morgan fingerprint density at radius 2 is 1.83 bits per heavy atom. The normalized spacial score (nSPS) is 9.28. The number of likely N-dealkylation sites (N-methyl/N-ethyl adjacent to an activating group) is 1. The van der Waals surface area contributed by atoms with Crippen LogP contribution < -0.4 is 16.0 Å². The fourth-order valence-electron chi connectivity index (χ4n) is 1.42. The van der Waals surface area contributed by atoms with Crippen LogP contribution >= 0.6 is 12.4 Å². The van der Waals surface area contributed by atoms with Gasteiger partial charge in [-0.1, -0.05) is 6.07 Å². The average Bonchev–Trinajstić information content (AvgIpc) is 2.22. The third kappa shape index (κ3) is 5.16. The van der Waals surface area contributed by atoms with Gasteiger partial charge in [-0.25, -0.2) is 0 Å². The molecule has 0 atom stereocenters. The van der Waals surface area contributed by atoms with E-state index in [2.05, 4.69) is 16.0 Å². The number of rotatable bonds is 4. The second kappa shape index (κ2) is 7.68. The van der Waals surface area contributed by atoms with E-state index in [1.165, 1.54) is 6.92 Å². The molecule has 0 aliphatic heterocycles. The van der Waals surface area contributed by atoms with Gasteiger partial charge in [0.1, 0.15) is 0 Å². The van der Waals surface area contributed by atoms with Crippen LogP contribution in [-0.2, 0) is 9.59 Å². The summed E-state index contributed by atoms with van der Waals surface area (Å²) in [6.07, 6.45) is 0. The maximum Gasteiger partial charge on any atom is 0.238 e. The predicted octanol–water partition coefficient (Wildman–Crippen LogP) is 1.53. The van der Waals surface area contributed by atoms with Crippen LogP contribution in [0.15, 0.2) is 18.2 Å². The summed E-state index contributed by atoms with van der Waals surface area (Å²) in [7, 11) is 1.70. The maximum atomic E-state index is 11.5. The minimum Gasteiger partial charge on any atom is -0.325 e. The van der Waals surface area contributed by atoms with Gasteiger partial charge in [-0.05, 0) is 31.7 Å². The Labute approximate surface area is 113 Å². The highest BCUT2D eigenvalue weighted by atomic mass is 35.5. The lowest BCUT2D eigenvalue weighted by atomic mass is 10.2. The zero-order chi connectivity index (χ0) is 12.8. The summed E-state index contributed by atoms with van der Waals surface area (Å²) in [5.74, 6) is -0.317. The van der Waals surface area contributed by atoms with Crippen molar-refractivity contribution in [2.24, 2.45) is 0 Å². The summed E-state index contributed by atoms with van der Waals surface area (Å²) >= 11 is 0. The Balaban J connectivity index is 0.00000289. The van der Waals surface area contributed by atoms with Gasteiger partial charge < -0.3 is 16.0 Å². The maximum absolute atomic E-state index is 11.5. The van der Waals surface area contributed by atoms with Gasteiger partial charge in [-0.2, -0.15) is 0 Å². The van der Waals surface area contributed by atoms with Crippen LogP contribution in [0.25, 0.3) is 0 Å². The number of hydrogen-bond donors (Lipinski definition) is 3. The first-order valence-corrected chi connectivity index (χ1v) is 5.35. The minimum atomic E-state index is -0.169. The molecule has 3 N–H and O–H groups in total. The SMILES string of the molecule is CNCC(=O)Nc1cc(C)ccc1NC(C)=O.Cl. The second-order valence-electron chi connectivity index (χ2n) is 3.81. The van der Waals surface area contributed by atoms with Crippen molar-refractivity contribution in [1.82, 2.24) is 5.32 Å². The smallest absolute Gasteiger partial charge is 0.238 e. The first-order valence-electron chi connectivity index (χ1n) is 5.35. The average molecular weight is 272 g/mol. The van der Waals surface area contributed by atoms with Crippen molar-refractivity contribution >= 4 is 35.6 Å². The van der Waals surface area contributed by atoms with E-state index in [4.69, 9.17) is 0 Å². The molecule has 1 aromatic rings. The van der Waals surface area contributed by atoms with Crippen molar-refractivity contribution in [2.75, 3.05) is 24.2 Å². The van der Waals surface area contributed by atoms with Crippen LogP contribution in [0.2, 0.25) is 0 Å². The standard InChI is InChI=1S/C12H17N3O2.ClH/c1-8-4-5-10(14-9(2)16)11(6-8)15-12(17)7-13-3;/h4-6,13H,7H2,1-3H3,(H,14,16)(H,15,17);1H.